The first-order valence-corrected chi connectivity index (χ1v) is 10.5. The molecule has 1 aromatic heterocycles. The summed E-state index contributed by atoms with van der Waals surface area (Å²) in [5.74, 6) is 0.736. The predicted octanol–water partition coefficient (Wildman–Crippen LogP) is 3.55. The Morgan fingerprint density at radius 1 is 1.13 bits per heavy atom. The van der Waals surface area contributed by atoms with Crippen molar-refractivity contribution in [2.75, 3.05) is 20.1 Å². The molecule has 154 valence electrons. The molecule has 30 heavy (non-hydrogen) atoms. The first-order valence-electron chi connectivity index (χ1n) is 10.1. The SMILES string of the molecule is CN1Cc2cccc(-c3cnc4n3CCN(C(=O)c3cc(Cl)ccc3O)CC4)c2C1. The summed E-state index contributed by atoms with van der Waals surface area (Å²) in [4.78, 5) is 21.8. The summed E-state index contributed by atoms with van der Waals surface area (Å²) < 4.78 is 2.24. The van der Waals surface area contributed by atoms with Crippen molar-refractivity contribution in [1.82, 2.24) is 19.4 Å². The number of aromatic nitrogens is 2. The topological polar surface area (TPSA) is 61.6 Å². The third-order valence-electron chi connectivity index (χ3n) is 6.03. The fourth-order valence-corrected chi connectivity index (χ4v) is 4.70. The Morgan fingerprint density at radius 2 is 2.00 bits per heavy atom. The number of rotatable bonds is 2. The van der Waals surface area contributed by atoms with Gasteiger partial charge in [-0.1, -0.05) is 29.8 Å². The highest BCUT2D eigenvalue weighted by Gasteiger charge is 2.26. The Hall–Kier alpha value is -2.83. The molecule has 0 spiro atoms. The molecule has 0 aliphatic carbocycles. The number of nitrogens with zero attached hydrogens (tertiary/aromatic N) is 4. The maximum Gasteiger partial charge on any atom is 0.257 e. The van der Waals surface area contributed by atoms with Crippen LogP contribution >= 0.6 is 11.6 Å². The molecule has 0 saturated carbocycles. The van der Waals surface area contributed by atoms with Crippen molar-refractivity contribution >= 4 is 17.5 Å². The Morgan fingerprint density at radius 3 is 2.87 bits per heavy atom. The van der Waals surface area contributed by atoms with Gasteiger partial charge in [-0.2, -0.15) is 0 Å². The lowest BCUT2D eigenvalue weighted by atomic mass is 10.0. The molecule has 5 rings (SSSR count). The number of imidazole rings is 1. The number of amides is 1. The van der Waals surface area contributed by atoms with E-state index in [1.807, 2.05) is 6.20 Å². The van der Waals surface area contributed by atoms with Crippen LogP contribution in [0.15, 0.2) is 42.6 Å². The van der Waals surface area contributed by atoms with E-state index in [1.165, 1.54) is 28.8 Å². The molecule has 7 heteroatoms. The molecule has 0 fully saturated rings. The van der Waals surface area contributed by atoms with Crippen molar-refractivity contribution in [3.8, 4) is 17.0 Å². The number of carbonyl (C=O) groups excluding carboxylic acids is 1. The molecule has 0 bridgehead atoms. The van der Waals surface area contributed by atoms with Crippen LogP contribution in [0.1, 0.15) is 27.3 Å². The Balaban J connectivity index is 1.43. The highest BCUT2D eigenvalue weighted by atomic mass is 35.5. The second-order valence-corrected chi connectivity index (χ2v) is 8.47. The smallest absolute Gasteiger partial charge is 0.257 e. The number of aromatic hydroxyl groups is 1. The minimum atomic E-state index is -0.204. The van der Waals surface area contributed by atoms with Gasteiger partial charge >= 0.3 is 0 Å². The third-order valence-corrected chi connectivity index (χ3v) is 6.27. The number of hydrogen-bond acceptors (Lipinski definition) is 4. The van der Waals surface area contributed by atoms with Crippen molar-refractivity contribution in [3.05, 3.63) is 70.1 Å². The maximum absolute atomic E-state index is 13.0. The monoisotopic (exact) mass is 422 g/mol. The average Bonchev–Trinajstić information content (AvgIpc) is 3.25. The summed E-state index contributed by atoms with van der Waals surface area (Å²) in [5, 5.41) is 10.6. The van der Waals surface area contributed by atoms with Gasteiger partial charge in [-0.25, -0.2) is 4.98 Å². The Labute approximate surface area is 180 Å². The molecule has 2 aliphatic heterocycles. The second kappa shape index (κ2) is 7.45. The zero-order valence-corrected chi connectivity index (χ0v) is 17.6. The van der Waals surface area contributed by atoms with Crippen LogP contribution in [0.2, 0.25) is 5.02 Å². The van der Waals surface area contributed by atoms with E-state index in [4.69, 9.17) is 11.6 Å². The van der Waals surface area contributed by atoms with E-state index < -0.39 is 0 Å². The van der Waals surface area contributed by atoms with Crippen LogP contribution < -0.4 is 0 Å². The van der Waals surface area contributed by atoms with Crippen molar-refractivity contribution < 1.29 is 9.90 Å². The first kappa shape index (κ1) is 19.2. The molecule has 1 N–H and O–H groups in total. The van der Waals surface area contributed by atoms with Gasteiger partial charge in [0.15, 0.2) is 0 Å². The van der Waals surface area contributed by atoms with E-state index in [0.717, 1.165) is 24.6 Å². The van der Waals surface area contributed by atoms with Crippen molar-refractivity contribution in [2.45, 2.75) is 26.1 Å². The minimum Gasteiger partial charge on any atom is -0.507 e. The quantitative estimate of drug-likeness (QED) is 0.686. The zero-order chi connectivity index (χ0) is 20.8. The van der Waals surface area contributed by atoms with Crippen molar-refractivity contribution in [2.24, 2.45) is 0 Å². The van der Waals surface area contributed by atoms with E-state index in [2.05, 4.69) is 39.7 Å². The number of hydrogen-bond donors (Lipinski definition) is 1. The lowest BCUT2D eigenvalue weighted by molar-refractivity contribution is 0.0756. The van der Waals surface area contributed by atoms with Gasteiger partial charge < -0.3 is 14.6 Å². The molecule has 3 aromatic rings. The van der Waals surface area contributed by atoms with Gasteiger partial charge in [-0.15, -0.1) is 0 Å². The van der Waals surface area contributed by atoms with Crippen LogP contribution in [-0.4, -0.2) is 50.5 Å². The highest BCUT2D eigenvalue weighted by Crippen LogP contribution is 2.33. The summed E-state index contributed by atoms with van der Waals surface area (Å²) in [7, 11) is 2.13. The number of benzene rings is 2. The van der Waals surface area contributed by atoms with E-state index in [0.29, 0.717) is 31.1 Å². The Bertz CT molecular complexity index is 1140. The van der Waals surface area contributed by atoms with Crippen LogP contribution in [0, 0.1) is 0 Å². The lowest BCUT2D eigenvalue weighted by Crippen LogP contribution is -2.33. The van der Waals surface area contributed by atoms with Gasteiger partial charge in [-0.05, 0) is 36.4 Å². The van der Waals surface area contributed by atoms with Crippen LogP contribution in [0.25, 0.3) is 11.3 Å². The number of halogens is 1. The molecule has 0 saturated heterocycles. The molecule has 3 heterocycles. The van der Waals surface area contributed by atoms with Gasteiger partial charge in [-0.3, -0.25) is 9.69 Å². The van der Waals surface area contributed by atoms with E-state index in [9.17, 15) is 9.90 Å². The summed E-state index contributed by atoms with van der Waals surface area (Å²) in [6, 6.07) is 11.0. The first-order chi connectivity index (χ1) is 14.5. The van der Waals surface area contributed by atoms with Gasteiger partial charge in [0.1, 0.15) is 11.6 Å². The van der Waals surface area contributed by atoms with E-state index >= 15 is 0 Å². The summed E-state index contributed by atoms with van der Waals surface area (Å²) in [6.45, 7) is 3.67. The lowest BCUT2D eigenvalue weighted by Gasteiger charge is -2.21. The fourth-order valence-electron chi connectivity index (χ4n) is 4.52. The number of phenols is 1. The molecule has 2 aliphatic rings. The second-order valence-electron chi connectivity index (χ2n) is 8.03. The van der Waals surface area contributed by atoms with Crippen LogP contribution in [0.3, 0.4) is 0 Å². The Kier molecular flexibility index (Phi) is 4.76. The maximum atomic E-state index is 13.0. The largest absolute Gasteiger partial charge is 0.507 e. The minimum absolute atomic E-state index is 0.0453. The molecule has 6 nitrogen and oxygen atoms in total. The fraction of sp³-hybridized carbons (Fsp3) is 0.304. The summed E-state index contributed by atoms with van der Waals surface area (Å²) >= 11 is 6.03. The zero-order valence-electron chi connectivity index (χ0n) is 16.8. The molecule has 0 radical (unpaired) electrons. The highest BCUT2D eigenvalue weighted by molar-refractivity contribution is 6.31. The van der Waals surface area contributed by atoms with Gasteiger partial charge in [0.2, 0.25) is 0 Å². The van der Waals surface area contributed by atoms with Crippen molar-refractivity contribution in [3.63, 3.8) is 0 Å². The molecular formula is C23H23ClN4O2. The normalized spacial score (nSPS) is 16.3. The van der Waals surface area contributed by atoms with Gasteiger partial charge in [0.25, 0.3) is 5.91 Å². The van der Waals surface area contributed by atoms with Gasteiger partial charge in [0, 0.05) is 49.7 Å². The average molecular weight is 423 g/mol. The standard InChI is InChI=1S/C23H23ClN4O2/c1-26-13-15-3-2-4-17(19(15)14-26)20-12-25-22-7-8-27(9-10-28(20)22)23(30)18-11-16(24)5-6-21(18)29/h2-6,11-12,29H,7-10,13-14H2,1H3. The summed E-state index contributed by atoms with van der Waals surface area (Å²) in [5.41, 5.74) is 5.31. The molecular weight excluding hydrogens is 400 g/mol. The van der Waals surface area contributed by atoms with Crippen molar-refractivity contribution in [1.29, 1.82) is 0 Å². The number of phenolic OH excluding ortho intramolecular Hbond substituents is 1. The van der Waals surface area contributed by atoms with E-state index in [1.54, 1.807) is 11.0 Å². The van der Waals surface area contributed by atoms with Crippen LogP contribution in [-0.2, 0) is 26.1 Å². The molecule has 1 amide bonds. The molecule has 2 aromatic carbocycles. The number of carbonyl (C=O) groups is 1. The molecule has 0 unspecified atom stereocenters. The summed E-state index contributed by atoms with van der Waals surface area (Å²) in [6.07, 6.45) is 2.63. The van der Waals surface area contributed by atoms with Crippen LogP contribution in [0.5, 0.6) is 5.75 Å². The van der Waals surface area contributed by atoms with E-state index in [-0.39, 0.29) is 17.2 Å². The molecule has 0 atom stereocenters. The third kappa shape index (κ3) is 3.26. The van der Waals surface area contributed by atoms with Gasteiger partial charge in [0.05, 0.1) is 17.5 Å². The predicted molar refractivity (Wildman–Crippen MR) is 116 cm³/mol. The number of fused-ring (bicyclic) bond motifs is 2. The van der Waals surface area contributed by atoms with Crippen LogP contribution in [0.4, 0.5) is 0 Å².